The van der Waals surface area contributed by atoms with Crippen LogP contribution in [0.2, 0.25) is 0 Å². The molecule has 29 heavy (non-hydrogen) atoms. The zero-order valence-electron chi connectivity index (χ0n) is 15.5. The van der Waals surface area contributed by atoms with Gasteiger partial charge in [-0.3, -0.25) is 9.59 Å². The SMILES string of the molecule is O=C(Cc1ccccc1)Nc1cc2c(cc1C(=O)c1cccc(F)c1)OCCO2. The van der Waals surface area contributed by atoms with E-state index >= 15 is 0 Å². The number of hydrogen-bond donors (Lipinski definition) is 1. The van der Waals surface area contributed by atoms with Crippen LogP contribution in [0.4, 0.5) is 10.1 Å². The minimum atomic E-state index is -0.511. The molecule has 1 heterocycles. The first-order valence-corrected chi connectivity index (χ1v) is 9.18. The van der Waals surface area contributed by atoms with Crippen molar-refractivity contribution in [3.05, 3.63) is 89.2 Å². The topological polar surface area (TPSA) is 64.6 Å². The molecule has 0 saturated carbocycles. The Hall–Kier alpha value is -3.67. The fraction of sp³-hybridized carbons (Fsp3) is 0.130. The highest BCUT2D eigenvalue weighted by Crippen LogP contribution is 2.36. The smallest absolute Gasteiger partial charge is 0.228 e. The van der Waals surface area contributed by atoms with Crippen molar-refractivity contribution in [2.75, 3.05) is 18.5 Å². The Bertz CT molecular complexity index is 1070. The molecule has 146 valence electrons. The third-order valence-corrected chi connectivity index (χ3v) is 4.50. The molecule has 0 unspecified atom stereocenters. The van der Waals surface area contributed by atoms with E-state index in [-0.39, 0.29) is 23.5 Å². The molecule has 6 heteroatoms. The molecule has 4 rings (SSSR count). The Morgan fingerprint density at radius 3 is 2.34 bits per heavy atom. The lowest BCUT2D eigenvalue weighted by molar-refractivity contribution is -0.115. The van der Waals surface area contributed by atoms with Crippen molar-refractivity contribution in [1.82, 2.24) is 0 Å². The molecule has 1 amide bonds. The summed E-state index contributed by atoms with van der Waals surface area (Å²) in [4.78, 5) is 25.6. The van der Waals surface area contributed by atoms with E-state index in [1.165, 1.54) is 24.3 Å². The Balaban J connectivity index is 1.67. The largest absolute Gasteiger partial charge is 0.486 e. The monoisotopic (exact) mass is 391 g/mol. The van der Waals surface area contributed by atoms with Crippen LogP contribution in [0.25, 0.3) is 0 Å². The summed E-state index contributed by atoms with van der Waals surface area (Å²) in [7, 11) is 0. The van der Waals surface area contributed by atoms with Crippen molar-refractivity contribution in [2.24, 2.45) is 0 Å². The molecule has 1 N–H and O–H groups in total. The van der Waals surface area contributed by atoms with Gasteiger partial charge in [-0.25, -0.2) is 4.39 Å². The maximum Gasteiger partial charge on any atom is 0.228 e. The first-order valence-electron chi connectivity index (χ1n) is 9.18. The molecule has 1 aliphatic heterocycles. The molecular weight excluding hydrogens is 373 g/mol. The average Bonchev–Trinajstić information content (AvgIpc) is 2.73. The molecule has 0 saturated heterocycles. The fourth-order valence-electron chi connectivity index (χ4n) is 3.14. The first-order chi connectivity index (χ1) is 14.1. The van der Waals surface area contributed by atoms with Crippen LogP contribution >= 0.6 is 0 Å². The Kier molecular flexibility index (Phi) is 5.24. The summed E-state index contributed by atoms with van der Waals surface area (Å²) in [5, 5.41) is 2.79. The summed E-state index contributed by atoms with van der Waals surface area (Å²) in [6.07, 6.45) is 0.156. The third-order valence-electron chi connectivity index (χ3n) is 4.50. The molecular formula is C23H18FNO4. The van der Waals surface area contributed by atoms with Gasteiger partial charge in [-0.1, -0.05) is 42.5 Å². The number of nitrogens with one attached hydrogen (secondary N) is 1. The predicted molar refractivity (Wildman–Crippen MR) is 106 cm³/mol. The lowest BCUT2D eigenvalue weighted by Gasteiger charge is -2.21. The van der Waals surface area contributed by atoms with E-state index in [9.17, 15) is 14.0 Å². The number of carbonyl (C=O) groups is 2. The van der Waals surface area contributed by atoms with Gasteiger partial charge in [-0.15, -0.1) is 0 Å². The standard InChI is InChI=1S/C23H18FNO4/c24-17-8-4-7-16(12-17)23(27)18-13-20-21(29-10-9-28-20)14-19(18)25-22(26)11-15-5-2-1-3-6-15/h1-8,12-14H,9-11H2,(H,25,26). The number of benzene rings is 3. The van der Waals surface area contributed by atoms with E-state index in [1.807, 2.05) is 30.3 Å². The molecule has 3 aromatic rings. The first kappa shape index (κ1) is 18.7. The quantitative estimate of drug-likeness (QED) is 0.668. The molecule has 0 aliphatic carbocycles. The third kappa shape index (κ3) is 4.27. The summed E-state index contributed by atoms with van der Waals surface area (Å²) in [5.41, 5.74) is 1.53. The Labute approximate surface area is 167 Å². The van der Waals surface area contributed by atoms with Crippen LogP contribution in [0, 0.1) is 5.82 Å². The molecule has 0 fully saturated rings. The van der Waals surface area contributed by atoms with Crippen molar-refractivity contribution in [3.63, 3.8) is 0 Å². The number of rotatable bonds is 5. The number of halogens is 1. The van der Waals surface area contributed by atoms with Crippen LogP contribution < -0.4 is 14.8 Å². The highest BCUT2D eigenvalue weighted by atomic mass is 19.1. The van der Waals surface area contributed by atoms with Gasteiger partial charge in [0.2, 0.25) is 5.91 Å². The minimum Gasteiger partial charge on any atom is -0.486 e. The van der Waals surface area contributed by atoms with Gasteiger partial charge >= 0.3 is 0 Å². The summed E-state index contributed by atoms with van der Waals surface area (Å²) < 4.78 is 24.7. The van der Waals surface area contributed by atoms with E-state index < -0.39 is 11.6 Å². The van der Waals surface area contributed by atoms with Gasteiger partial charge in [0.25, 0.3) is 0 Å². The van der Waals surface area contributed by atoms with Gasteiger partial charge in [0.1, 0.15) is 19.0 Å². The lowest BCUT2D eigenvalue weighted by Crippen LogP contribution is -2.20. The summed E-state index contributed by atoms with van der Waals surface area (Å²) in [5.74, 6) is -0.347. The predicted octanol–water partition coefficient (Wildman–Crippen LogP) is 4.01. The van der Waals surface area contributed by atoms with Gasteiger partial charge in [-0.05, 0) is 23.8 Å². The van der Waals surface area contributed by atoms with Crippen LogP contribution in [0.15, 0.2) is 66.7 Å². The second-order valence-corrected chi connectivity index (χ2v) is 6.59. The average molecular weight is 391 g/mol. The van der Waals surface area contributed by atoms with Crippen LogP contribution in [0.3, 0.4) is 0 Å². The normalized spacial score (nSPS) is 12.3. The van der Waals surface area contributed by atoms with Crippen LogP contribution in [0.5, 0.6) is 11.5 Å². The maximum absolute atomic E-state index is 13.6. The van der Waals surface area contributed by atoms with Crippen molar-refractivity contribution < 1.29 is 23.5 Å². The van der Waals surface area contributed by atoms with Gasteiger partial charge < -0.3 is 14.8 Å². The van der Waals surface area contributed by atoms with Crippen LogP contribution in [0.1, 0.15) is 21.5 Å². The van der Waals surface area contributed by atoms with Gasteiger partial charge in [0.15, 0.2) is 17.3 Å². The maximum atomic E-state index is 13.6. The molecule has 0 spiro atoms. The number of hydrogen-bond acceptors (Lipinski definition) is 4. The van der Waals surface area contributed by atoms with E-state index in [0.29, 0.717) is 30.4 Å². The van der Waals surface area contributed by atoms with Gasteiger partial charge in [0, 0.05) is 11.6 Å². The number of ether oxygens (including phenoxy) is 2. The number of amides is 1. The highest BCUT2D eigenvalue weighted by molar-refractivity contribution is 6.14. The minimum absolute atomic E-state index is 0.156. The molecule has 0 radical (unpaired) electrons. The molecule has 1 aliphatic rings. The van der Waals surface area contributed by atoms with Crippen molar-refractivity contribution in [1.29, 1.82) is 0 Å². The Morgan fingerprint density at radius 1 is 0.897 bits per heavy atom. The van der Waals surface area contributed by atoms with Crippen molar-refractivity contribution in [2.45, 2.75) is 6.42 Å². The summed E-state index contributed by atoms with van der Waals surface area (Å²) in [6, 6.07) is 17.8. The second kappa shape index (κ2) is 8.14. The molecule has 0 aromatic heterocycles. The summed E-state index contributed by atoms with van der Waals surface area (Å²) >= 11 is 0. The fourth-order valence-corrected chi connectivity index (χ4v) is 3.14. The van der Waals surface area contributed by atoms with Crippen molar-refractivity contribution in [3.8, 4) is 11.5 Å². The molecule has 0 bridgehead atoms. The van der Waals surface area contributed by atoms with Crippen molar-refractivity contribution >= 4 is 17.4 Å². The van der Waals surface area contributed by atoms with E-state index in [0.717, 1.165) is 11.6 Å². The van der Waals surface area contributed by atoms with E-state index in [4.69, 9.17) is 9.47 Å². The summed E-state index contributed by atoms with van der Waals surface area (Å²) in [6.45, 7) is 0.738. The lowest BCUT2D eigenvalue weighted by atomic mass is 10.00. The molecule has 5 nitrogen and oxygen atoms in total. The van der Waals surface area contributed by atoms with Crippen LogP contribution in [-0.2, 0) is 11.2 Å². The van der Waals surface area contributed by atoms with E-state index in [1.54, 1.807) is 6.07 Å². The zero-order valence-corrected chi connectivity index (χ0v) is 15.5. The molecule has 3 aromatic carbocycles. The van der Waals surface area contributed by atoms with Crippen LogP contribution in [-0.4, -0.2) is 24.9 Å². The number of ketones is 1. The van der Waals surface area contributed by atoms with Gasteiger partial charge in [0.05, 0.1) is 17.7 Å². The number of fused-ring (bicyclic) bond motifs is 1. The zero-order chi connectivity index (χ0) is 20.2. The van der Waals surface area contributed by atoms with E-state index in [2.05, 4.69) is 5.32 Å². The highest BCUT2D eigenvalue weighted by Gasteiger charge is 2.22. The molecule has 0 atom stereocenters. The van der Waals surface area contributed by atoms with Gasteiger partial charge in [-0.2, -0.15) is 0 Å². The second-order valence-electron chi connectivity index (χ2n) is 6.59. The number of carbonyl (C=O) groups excluding carboxylic acids is 2. The Morgan fingerprint density at radius 2 is 1.62 bits per heavy atom. The number of anilines is 1.